The first-order valence-electron chi connectivity index (χ1n) is 6.73. The van der Waals surface area contributed by atoms with Crippen LogP contribution in [0.1, 0.15) is 27.7 Å². The van der Waals surface area contributed by atoms with E-state index in [-0.39, 0.29) is 0 Å². The van der Waals surface area contributed by atoms with Gasteiger partial charge in [-0.25, -0.2) is 0 Å². The van der Waals surface area contributed by atoms with E-state index in [2.05, 4.69) is 34.8 Å². The summed E-state index contributed by atoms with van der Waals surface area (Å²) in [4.78, 5) is 6.36. The van der Waals surface area contributed by atoms with Gasteiger partial charge in [-0.3, -0.25) is 4.99 Å². The van der Waals surface area contributed by atoms with Crippen molar-refractivity contribution < 1.29 is 0 Å². The lowest BCUT2D eigenvalue weighted by molar-refractivity contribution is 0.645. The Morgan fingerprint density at radius 3 is 2.25 bits per heavy atom. The van der Waals surface area contributed by atoms with Crippen molar-refractivity contribution in [2.24, 2.45) is 4.99 Å². The molecule has 0 bridgehead atoms. The third kappa shape index (κ3) is 5.74. The Balaban J connectivity index is 5.67. The average Bonchev–Trinajstić information content (AvgIpc) is 2.47. The fourth-order valence-electron chi connectivity index (χ4n) is 1.58. The molecule has 0 aliphatic carbocycles. The quantitative estimate of drug-likeness (QED) is 0.450. The van der Waals surface area contributed by atoms with E-state index in [4.69, 9.17) is 0 Å². The molecule has 0 aliphatic rings. The summed E-state index contributed by atoms with van der Waals surface area (Å²) in [5.74, 6) is 0.921. The Morgan fingerprint density at radius 2 is 1.80 bits per heavy atom. The Bertz CT molecular complexity index is 463. The third-order valence-corrected chi connectivity index (χ3v) is 2.90. The lowest BCUT2D eigenvalue weighted by atomic mass is 10.2. The van der Waals surface area contributed by atoms with Crippen LogP contribution in [0, 0.1) is 0 Å². The molecule has 1 N–H and O–H groups in total. The Labute approximate surface area is 123 Å². The fraction of sp³-hybridized carbons (Fsp3) is 0.353. The molecule has 0 rings (SSSR count). The molecular weight excluding hydrogens is 246 g/mol. The molecule has 0 aromatic heterocycles. The minimum Gasteiger partial charge on any atom is -0.392 e. The molecule has 0 spiro atoms. The van der Waals surface area contributed by atoms with Crippen LogP contribution in [0.5, 0.6) is 0 Å². The van der Waals surface area contributed by atoms with Crippen LogP contribution in [0.25, 0.3) is 0 Å². The first kappa shape index (κ1) is 18.0. The predicted octanol–water partition coefficient (Wildman–Crippen LogP) is 4.01. The summed E-state index contributed by atoms with van der Waals surface area (Å²) in [6.07, 6.45) is 12.0. The first-order chi connectivity index (χ1) is 9.51. The topological polar surface area (TPSA) is 27.6 Å². The van der Waals surface area contributed by atoms with Crippen LogP contribution < -0.4 is 5.32 Å². The van der Waals surface area contributed by atoms with Gasteiger partial charge in [0.25, 0.3) is 0 Å². The van der Waals surface area contributed by atoms with Crippen molar-refractivity contribution in [2.45, 2.75) is 27.7 Å². The molecule has 0 radical (unpaired) electrons. The van der Waals surface area contributed by atoms with Gasteiger partial charge in [0.15, 0.2) is 0 Å². The van der Waals surface area contributed by atoms with Gasteiger partial charge in [0.1, 0.15) is 5.84 Å². The second-order valence-corrected chi connectivity index (χ2v) is 4.34. The number of nitrogens with one attached hydrogen (secondary N) is 1. The maximum atomic E-state index is 4.29. The van der Waals surface area contributed by atoms with E-state index >= 15 is 0 Å². The van der Waals surface area contributed by atoms with Gasteiger partial charge in [-0.2, -0.15) is 0 Å². The van der Waals surface area contributed by atoms with Gasteiger partial charge >= 0.3 is 0 Å². The van der Waals surface area contributed by atoms with E-state index in [1.54, 1.807) is 7.05 Å². The van der Waals surface area contributed by atoms with Crippen LogP contribution in [-0.4, -0.2) is 24.8 Å². The number of allylic oxidation sites excluding steroid dienone is 8. The number of amidine groups is 1. The molecule has 3 nitrogen and oxygen atoms in total. The molecule has 3 heteroatoms. The second-order valence-electron chi connectivity index (χ2n) is 4.34. The Hall–Kier alpha value is -2.03. The summed E-state index contributed by atoms with van der Waals surface area (Å²) in [5.41, 5.74) is 3.17. The number of rotatable bonds is 6. The maximum Gasteiger partial charge on any atom is 0.104 e. The highest BCUT2D eigenvalue weighted by Gasteiger charge is 2.11. The van der Waals surface area contributed by atoms with Crippen molar-refractivity contribution in [1.82, 2.24) is 10.2 Å². The Morgan fingerprint density at radius 1 is 1.15 bits per heavy atom. The molecule has 0 saturated carbocycles. The van der Waals surface area contributed by atoms with Crippen LogP contribution in [0.2, 0.25) is 0 Å². The molecule has 110 valence electrons. The molecular formula is C17H27N3. The molecule has 0 fully saturated rings. The Kier molecular flexibility index (Phi) is 8.84. The van der Waals surface area contributed by atoms with Crippen LogP contribution in [0.4, 0.5) is 0 Å². The monoisotopic (exact) mass is 273 g/mol. The van der Waals surface area contributed by atoms with Crippen molar-refractivity contribution in [3.63, 3.8) is 0 Å². The summed E-state index contributed by atoms with van der Waals surface area (Å²) >= 11 is 0. The summed E-state index contributed by atoms with van der Waals surface area (Å²) < 4.78 is 0. The predicted molar refractivity (Wildman–Crippen MR) is 90.5 cm³/mol. The van der Waals surface area contributed by atoms with Gasteiger partial charge in [-0.1, -0.05) is 18.7 Å². The highest BCUT2D eigenvalue weighted by molar-refractivity contribution is 5.83. The molecule has 0 aliphatic heterocycles. The average molecular weight is 273 g/mol. The normalized spacial score (nSPS) is 14.7. The SMILES string of the molecule is C=C/C(=C\C=C(/C)NC)N(C(C)=NC)/C(C)=C/C=C\C. The summed E-state index contributed by atoms with van der Waals surface area (Å²) in [5, 5.41) is 3.10. The van der Waals surface area contributed by atoms with Crippen LogP contribution in [0.3, 0.4) is 0 Å². The number of aliphatic imine (C=N–C) groups is 1. The zero-order valence-corrected chi connectivity index (χ0v) is 13.6. The summed E-state index contributed by atoms with van der Waals surface area (Å²) in [6.45, 7) is 12.0. The molecule has 20 heavy (non-hydrogen) atoms. The van der Waals surface area contributed by atoms with Crippen LogP contribution in [-0.2, 0) is 0 Å². The van der Waals surface area contributed by atoms with Crippen molar-refractivity contribution in [2.75, 3.05) is 14.1 Å². The number of nitrogens with zero attached hydrogens (tertiary/aromatic N) is 2. The highest BCUT2D eigenvalue weighted by atomic mass is 15.2. The standard InChI is InChI=1S/C17H27N3/c1-8-10-11-15(4)20(16(5)19-7)17(9-2)13-12-14(3)18-6/h8-13,18H,2H2,1,3-7H3/b10-8-,14-12+,15-11+,17-13+,19-16?. The van der Waals surface area contributed by atoms with Crippen molar-refractivity contribution in [1.29, 1.82) is 0 Å². The number of hydrogen-bond acceptors (Lipinski definition) is 2. The van der Waals surface area contributed by atoms with E-state index in [1.807, 2.05) is 58.2 Å². The lowest BCUT2D eigenvalue weighted by Gasteiger charge is -2.25. The molecule has 0 aromatic carbocycles. The molecule has 0 aromatic rings. The van der Waals surface area contributed by atoms with Gasteiger partial charge < -0.3 is 10.2 Å². The van der Waals surface area contributed by atoms with E-state index in [9.17, 15) is 0 Å². The van der Waals surface area contributed by atoms with E-state index in [0.29, 0.717) is 0 Å². The molecule has 0 saturated heterocycles. The lowest BCUT2D eigenvalue weighted by Crippen LogP contribution is -2.25. The number of hydrogen-bond donors (Lipinski definition) is 1. The fourth-order valence-corrected chi connectivity index (χ4v) is 1.58. The van der Waals surface area contributed by atoms with Crippen molar-refractivity contribution in [3.05, 3.63) is 60.1 Å². The molecule has 0 atom stereocenters. The van der Waals surface area contributed by atoms with Gasteiger partial charge in [-0.05, 0) is 52.0 Å². The zero-order chi connectivity index (χ0) is 15.5. The maximum absolute atomic E-state index is 4.29. The molecule has 0 heterocycles. The third-order valence-electron chi connectivity index (χ3n) is 2.90. The van der Waals surface area contributed by atoms with Crippen molar-refractivity contribution >= 4 is 5.84 Å². The smallest absolute Gasteiger partial charge is 0.104 e. The zero-order valence-electron chi connectivity index (χ0n) is 13.6. The first-order valence-corrected chi connectivity index (χ1v) is 6.73. The second kappa shape index (κ2) is 9.84. The van der Waals surface area contributed by atoms with Gasteiger partial charge in [-0.15, -0.1) is 0 Å². The summed E-state index contributed by atoms with van der Waals surface area (Å²) in [7, 11) is 3.70. The van der Waals surface area contributed by atoms with Gasteiger partial charge in [0.05, 0.1) is 0 Å². The van der Waals surface area contributed by atoms with E-state index in [1.165, 1.54) is 0 Å². The van der Waals surface area contributed by atoms with Crippen molar-refractivity contribution in [3.8, 4) is 0 Å². The largest absolute Gasteiger partial charge is 0.392 e. The van der Waals surface area contributed by atoms with Gasteiger partial charge in [0, 0.05) is 31.2 Å². The summed E-state index contributed by atoms with van der Waals surface area (Å²) in [6, 6.07) is 0. The van der Waals surface area contributed by atoms with E-state index in [0.717, 1.165) is 22.9 Å². The minimum absolute atomic E-state index is 0.921. The molecule has 0 unspecified atom stereocenters. The highest BCUT2D eigenvalue weighted by Crippen LogP contribution is 2.16. The van der Waals surface area contributed by atoms with Gasteiger partial charge in [0.2, 0.25) is 0 Å². The van der Waals surface area contributed by atoms with Crippen LogP contribution >= 0.6 is 0 Å². The van der Waals surface area contributed by atoms with E-state index < -0.39 is 0 Å². The van der Waals surface area contributed by atoms with Crippen LogP contribution in [0.15, 0.2) is 65.1 Å². The minimum atomic E-state index is 0.921. The molecule has 0 amide bonds.